The molecule has 0 bridgehead atoms. The summed E-state index contributed by atoms with van der Waals surface area (Å²) in [6, 6.07) is 15.9. The van der Waals surface area contributed by atoms with Crippen LogP contribution >= 0.6 is 0 Å². The lowest BCUT2D eigenvalue weighted by Crippen LogP contribution is -2.54. The number of halogens is 8. The SMILES string of the molecule is [O-][S@+](CCCN(Cc1ccccc1)Cc1ccc(C(O)(C(F)(F)F)C(F)(F)F)c(F)c1)c1ccc(F)cc1. The lowest BCUT2D eigenvalue weighted by Gasteiger charge is -2.33. The second-order valence-corrected chi connectivity index (χ2v) is 10.1. The molecule has 1 atom stereocenters. The first kappa shape index (κ1) is 29.9. The van der Waals surface area contributed by atoms with Crippen LogP contribution in [0.3, 0.4) is 0 Å². The zero-order valence-corrected chi connectivity index (χ0v) is 20.5. The third kappa shape index (κ3) is 7.04. The molecule has 0 aliphatic carbocycles. The molecule has 0 heterocycles. The van der Waals surface area contributed by atoms with E-state index in [1.165, 1.54) is 24.3 Å². The number of benzene rings is 3. The van der Waals surface area contributed by atoms with Gasteiger partial charge in [0.1, 0.15) is 17.4 Å². The van der Waals surface area contributed by atoms with Crippen LogP contribution in [0, 0.1) is 11.6 Å². The van der Waals surface area contributed by atoms with Gasteiger partial charge >= 0.3 is 12.4 Å². The van der Waals surface area contributed by atoms with Crippen molar-refractivity contribution < 1.29 is 44.8 Å². The fourth-order valence-corrected chi connectivity index (χ4v) is 4.92. The van der Waals surface area contributed by atoms with Crippen LogP contribution in [0.5, 0.6) is 0 Å². The molecule has 0 amide bonds. The zero-order valence-electron chi connectivity index (χ0n) is 19.7. The van der Waals surface area contributed by atoms with Gasteiger partial charge in [-0.3, -0.25) is 4.90 Å². The van der Waals surface area contributed by atoms with E-state index in [1.807, 2.05) is 0 Å². The van der Waals surface area contributed by atoms with Crippen molar-refractivity contribution in [2.75, 3.05) is 12.3 Å². The molecule has 0 saturated carbocycles. The molecule has 3 aromatic carbocycles. The quantitative estimate of drug-likeness (QED) is 0.226. The van der Waals surface area contributed by atoms with Gasteiger partial charge in [0.2, 0.25) is 0 Å². The Labute approximate surface area is 216 Å². The molecule has 0 unspecified atom stereocenters. The maximum atomic E-state index is 14.6. The molecule has 0 aliphatic rings. The highest BCUT2D eigenvalue weighted by atomic mass is 32.2. The third-order valence-corrected chi connectivity index (χ3v) is 7.24. The Morgan fingerprint density at radius 3 is 1.89 bits per heavy atom. The summed E-state index contributed by atoms with van der Waals surface area (Å²) in [6.45, 7) is 0.564. The Balaban J connectivity index is 1.78. The van der Waals surface area contributed by atoms with Crippen LogP contribution in [0.1, 0.15) is 23.1 Å². The first-order chi connectivity index (χ1) is 17.7. The van der Waals surface area contributed by atoms with Crippen molar-refractivity contribution in [3.63, 3.8) is 0 Å². The van der Waals surface area contributed by atoms with Gasteiger partial charge in [-0.1, -0.05) is 42.5 Å². The molecule has 0 radical (unpaired) electrons. The number of hydrogen-bond acceptors (Lipinski definition) is 3. The lowest BCUT2D eigenvalue weighted by molar-refractivity contribution is -0.377. The van der Waals surface area contributed by atoms with Gasteiger partial charge in [0.15, 0.2) is 4.90 Å². The van der Waals surface area contributed by atoms with E-state index in [-0.39, 0.29) is 23.9 Å². The molecule has 1 N–H and O–H groups in total. The third-order valence-electron chi connectivity index (χ3n) is 5.78. The number of nitrogens with zero attached hydrogens (tertiary/aromatic N) is 1. The van der Waals surface area contributed by atoms with Gasteiger partial charge in [0, 0.05) is 31.6 Å². The van der Waals surface area contributed by atoms with Crippen LogP contribution in [-0.4, -0.2) is 39.2 Å². The van der Waals surface area contributed by atoms with Crippen molar-refractivity contribution in [2.45, 2.75) is 42.4 Å². The van der Waals surface area contributed by atoms with Crippen molar-refractivity contribution >= 4 is 11.2 Å². The van der Waals surface area contributed by atoms with Crippen molar-refractivity contribution in [3.8, 4) is 0 Å². The highest BCUT2D eigenvalue weighted by Crippen LogP contribution is 2.50. The van der Waals surface area contributed by atoms with Crippen LogP contribution < -0.4 is 0 Å². The highest BCUT2D eigenvalue weighted by molar-refractivity contribution is 7.91. The normalized spacial score (nSPS) is 13.7. The fraction of sp³-hybridized carbons (Fsp3) is 0.308. The summed E-state index contributed by atoms with van der Waals surface area (Å²) in [6.07, 6.45) is -12.0. The molecular weight excluding hydrogens is 542 g/mol. The molecule has 0 saturated heterocycles. The molecule has 12 heteroatoms. The predicted molar refractivity (Wildman–Crippen MR) is 125 cm³/mol. The molecule has 206 valence electrons. The summed E-state index contributed by atoms with van der Waals surface area (Å²) in [4.78, 5) is 2.20. The van der Waals surface area contributed by atoms with Crippen LogP contribution in [0.4, 0.5) is 35.1 Å². The minimum Gasteiger partial charge on any atom is -0.611 e. The van der Waals surface area contributed by atoms with Crippen LogP contribution in [0.15, 0.2) is 77.7 Å². The summed E-state index contributed by atoms with van der Waals surface area (Å²) >= 11 is -1.43. The molecular formula is C26H23F8NO2S. The van der Waals surface area contributed by atoms with Gasteiger partial charge in [-0.15, -0.1) is 0 Å². The molecule has 0 fully saturated rings. The van der Waals surface area contributed by atoms with E-state index in [1.54, 1.807) is 35.2 Å². The topological polar surface area (TPSA) is 46.5 Å². The van der Waals surface area contributed by atoms with E-state index in [2.05, 4.69) is 0 Å². The van der Waals surface area contributed by atoms with E-state index in [0.717, 1.165) is 11.6 Å². The summed E-state index contributed by atoms with van der Waals surface area (Å²) in [7, 11) is 0. The van der Waals surface area contributed by atoms with Gasteiger partial charge in [0.05, 0.1) is 0 Å². The lowest BCUT2D eigenvalue weighted by atomic mass is 9.91. The number of rotatable bonds is 10. The summed E-state index contributed by atoms with van der Waals surface area (Å²) in [5, 5.41) is 9.53. The van der Waals surface area contributed by atoms with Gasteiger partial charge in [0.25, 0.3) is 5.60 Å². The number of hydrogen-bond donors (Lipinski definition) is 1. The molecule has 0 spiro atoms. The molecule has 3 rings (SSSR count). The zero-order chi connectivity index (χ0) is 28.1. The Morgan fingerprint density at radius 2 is 1.34 bits per heavy atom. The van der Waals surface area contributed by atoms with Crippen molar-refractivity contribution in [1.29, 1.82) is 0 Å². The molecule has 3 nitrogen and oxygen atoms in total. The van der Waals surface area contributed by atoms with Crippen LogP contribution in [0.25, 0.3) is 0 Å². The first-order valence-corrected chi connectivity index (χ1v) is 12.6. The minimum absolute atomic E-state index is 0.0499. The van der Waals surface area contributed by atoms with Crippen molar-refractivity contribution in [1.82, 2.24) is 4.90 Å². The highest BCUT2D eigenvalue weighted by Gasteiger charge is 2.72. The van der Waals surface area contributed by atoms with Gasteiger partial charge in [-0.2, -0.15) is 26.3 Å². The van der Waals surface area contributed by atoms with Crippen molar-refractivity contribution in [3.05, 3.63) is 101 Å². The summed E-state index contributed by atoms with van der Waals surface area (Å²) in [5.74, 6) is -2.12. The maximum absolute atomic E-state index is 14.6. The summed E-state index contributed by atoms with van der Waals surface area (Å²) < 4.78 is 119. The fourth-order valence-electron chi connectivity index (χ4n) is 3.85. The molecule has 0 aromatic heterocycles. The Bertz CT molecular complexity index is 1170. The van der Waals surface area contributed by atoms with Gasteiger partial charge < -0.3 is 9.66 Å². The van der Waals surface area contributed by atoms with E-state index >= 15 is 0 Å². The Hall–Kier alpha value is -2.67. The van der Waals surface area contributed by atoms with E-state index in [9.17, 15) is 44.8 Å². The maximum Gasteiger partial charge on any atom is 0.430 e. The summed E-state index contributed by atoms with van der Waals surface area (Å²) in [5.41, 5.74) is -6.39. The largest absolute Gasteiger partial charge is 0.611 e. The molecule has 0 aliphatic heterocycles. The standard InChI is InChI=1S/C26H23F8NO2S/c27-20-8-10-21(11-9-20)38(37)14-4-13-35(16-18-5-2-1-3-6-18)17-19-7-12-22(23(28)15-19)24(36,25(29,30)31)26(32,33)34/h1-3,5-12,15,36H,4,13-14,16-17H2/t38-/m1/s1. The second kappa shape index (κ2) is 12.0. The monoisotopic (exact) mass is 565 g/mol. The van der Waals surface area contributed by atoms with E-state index in [4.69, 9.17) is 0 Å². The number of aliphatic hydroxyl groups is 1. The van der Waals surface area contributed by atoms with Gasteiger partial charge in [-0.05, 0) is 52.6 Å². The average Bonchev–Trinajstić information content (AvgIpc) is 2.83. The smallest absolute Gasteiger partial charge is 0.430 e. The molecule has 3 aromatic rings. The predicted octanol–water partition coefficient (Wildman–Crippen LogP) is 6.48. The minimum atomic E-state index is -6.20. The second-order valence-electron chi connectivity index (χ2n) is 8.57. The average molecular weight is 566 g/mol. The van der Waals surface area contributed by atoms with Crippen LogP contribution in [0.2, 0.25) is 0 Å². The number of alkyl halides is 6. The Morgan fingerprint density at radius 1 is 0.763 bits per heavy atom. The Kier molecular flexibility index (Phi) is 9.45. The first-order valence-electron chi connectivity index (χ1n) is 11.3. The molecule has 38 heavy (non-hydrogen) atoms. The van der Waals surface area contributed by atoms with E-state index in [0.29, 0.717) is 30.5 Å². The van der Waals surface area contributed by atoms with Crippen LogP contribution in [-0.2, 0) is 29.9 Å². The van der Waals surface area contributed by atoms with Crippen molar-refractivity contribution in [2.24, 2.45) is 0 Å². The van der Waals surface area contributed by atoms with Gasteiger partial charge in [-0.25, -0.2) is 8.78 Å². The van der Waals surface area contributed by atoms with E-state index < -0.39 is 46.3 Å².